The summed E-state index contributed by atoms with van der Waals surface area (Å²) in [4.78, 5) is 14.4. The van der Waals surface area contributed by atoms with Crippen molar-refractivity contribution in [2.45, 2.75) is 65.2 Å². The molecule has 0 spiro atoms. The predicted octanol–water partition coefficient (Wildman–Crippen LogP) is 5.93. The van der Waals surface area contributed by atoms with E-state index in [9.17, 15) is 13.6 Å². The molecule has 35 heavy (non-hydrogen) atoms. The van der Waals surface area contributed by atoms with Crippen LogP contribution in [0.5, 0.6) is 11.5 Å². The van der Waals surface area contributed by atoms with Gasteiger partial charge in [-0.2, -0.15) is 8.78 Å². The standard InChI is InChI=1S/C27H35F2NO4.ClH/c1-27(2,3)25(31)33-23-17-21(30(4)18-23)14-15-32-24-11-6-5-9-20(24)13-12-19-8-7-10-22(16-19)34-26(28)29;/h5-11,16,21,23,26H,12-15,17-18H2,1-4H3;1H/t21-,23-;/m1./s1. The lowest BCUT2D eigenvalue weighted by molar-refractivity contribution is -0.157. The highest BCUT2D eigenvalue weighted by molar-refractivity contribution is 5.85. The van der Waals surface area contributed by atoms with Gasteiger partial charge in [-0.05, 0) is 76.4 Å². The van der Waals surface area contributed by atoms with E-state index in [0.29, 0.717) is 19.1 Å². The maximum atomic E-state index is 12.5. The number of carbonyl (C=O) groups excluding carboxylic acids is 1. The van der Waals surface area contributed by atoms with Crippen molar-refractivity contribution in [3.8, 4) is 11.5 Å². The number of likely N-dealkylation sites (tertiary alicyclic amines) is 1. The summed E-state index contributed by atoms with van der Waals surface area (Å²) in [5.41, 5.74) is 1.50. The first-order valence-corrected chi connectivity index (χ1v) is 11.8. The average molecular weight is 512 g/mol. The average Bonchev–Trinajstić information content (AvgIpc) is 3.11. The number of aryl methyl sites for hydroxylation is 2. The van der Waals surface area contributed by atoms with Gasteiger partial charge < -0.3 is 14.2 Å². The summed E-state index contributed by atoms with van der Waals surface area (Å²) in [6, 6.07) is 15.0. The Balaban J connectivity index is 0.00000432. The first kappa shape index (κ1) is 28.9. The summed E-state index contributed by atoms with van der Waals surface area (Å²) in [7, 11) is 2.05. The fourth-order valence-electron chi connectivity index (χ4n) is 4.09. The zero-order chi connectivity index (χ0) is 24.7. The number of likely N-dealkylation sites (N-methyl/N-ethyl adjacent to an activating group) is 1. The molecular weight excluding hydrogens is 476 g/mol. The molecule has 1 aliphatic heterocycles. The second-order valence-corrected chi connectivity index (χ2v) is 9.88. The van der Waals surface area contributed by atoms with Crippen LogP contribution in [0.2, 0.25) is 0 Å². The molecule has 0 N–H and O–H groups in total. The fraction of sp³-hybridized carbons (Fsp3) is 0.519. The maximum Gasteiger partial charge on any atom is 0.387 e. The topological polar surface area (TPSA) is 48.0 Å². The van der Waals surface area contributed by atoms with Gasteiger partial charge in [-0.1, -0.05) is 30.3 Å². The molecule has 1 aliphatic rings. The van der Waals surface area contributed by atoms with Gasteiger partial charge in [0.15, 0.2) is 0 Å². The number of benzene rings is 2. The number of rotatable bonds is 10. The lowest BCUT2D eigenvalue weighted by Gasteiger charge is -2.20. The number of alkyl halides is 2. The van der Waals surface area contributed by atoms with Crippen LogP contribution in [0.1, 0.15) is 44.7 Å². The van der Waals surface area contributed by atoms with Crippen molar-refractivity contribution in [1.82, 2.24) is 4.90 Å². The molecule has 1 fully saturated rings. The van der Waals surface area contributed by atoms with E-state index in [-0.39, 0.29) is 30.2 Å². The van der Waals surface area contributed by atoms with Crippen molar-refractivity contribution < 1.29 is 27.8 Å². The van der Waals surface area contributed by atoms with E-state index in [0.717, 1.165) is 42.7 Å². The Morgan fingerprint density at radius 2 is 1.86 bits per heavy atom. The first-order chi connectivity index (χ1) is 16.1. The molecule has 2 aromatic rings. The van der Waals surface area contributed by atoms with Crippen LogP contribution < -0.4 is 9.47 Å². The molecule has 8 heteroatoms. The van der Waals surface area contributed by atoms with E-state index in [1.165, 1.54) is 6.07 Å². The number of hydrogen-bond acceptors (Lipinski definition) is 5. The second-order valence-electron chi connectivity index (χ2n) is 9.88. The molecule has 0 unspecified atom stereocenters. The number of hydrogen-bond donors (Lipinski definition) is 0. The zero-order valence-corrected chi connectivity index (χ0v) is 21.7. The van der Waals surface area contributed by atoms with Crippen molar-refractivity contribution in [2.24, 2.45) is 5.41 Å². The molecule has 0 saturated carbocycles. The highest BCUT2D eigenvalue weighted by Gasteiger charge is 2.34. The Morgan fingerprint density at radius 3 is 2.57 bits per heavy atom. The fourth-order valence-corrected chi connectivity index (χ4v) is 4.09. The van der Waals surface area contributed by atoms with Crippen LogP contribution in [-0.4, -0.2) is 49.8 Å². The smallest absolute Gasteiger partial charge is 0.387 e. The Hall–Kier alpha value is -2.38. The predicted molar refractivity (Wildman–Crippen MR) is 135 cm³/mol. The Bertz CT molecular complexity index is 951. The number of ether oxygens (including phenoxy) is 3. The van der Waals surface area contributed by atoms with Gasteiger partial charge >= 0.3 is 12.6 Å². The van der Waals surface area contributed by atoms with Crippen molar-refractivity contribution >= 4 is 18.4 Å². The normalized spacial score (nSPS) is 18.3. The number of halogens is 3. The van der Waals surface area contributed by atoms with Gasteiger partial charge in [0.25, 0.3) is 0 Å². The van der Waals surface area contributed by atoms with Crippen LogP contribution in [0.3, 0.4) is 0 Å². The van der Waals surface area contributed by atoms with Crippen LogP contribution in [0, 0.1) is 5.41 Å². The lowest BCUT2D eigenvalue weighted by Crippen LogP contribution is -2.30. The van der Waals surface area contributed by atoms with Crippen LogP contribution in [0.25, 0.3) is 0 Å². The lowest BCUT2D eigenvalue weighted by atomic mass is 9.97. The molecule has 1 heterocycles. The maximum absolute atomic E-state index is 12.5. The van der Waals surface area contributed by atoms with Crippen LogP contribution in [0.4, 0.5) is 8.78 Å². The van der Waals surface area contributed by atoms with Crippen LogP contribution >= 0.6 is 12.4 Å². The summed E-state index contributed by atoms with van der Waals surface area (Å²) in [5, 5.41) is 0. The number of esters is 1. The molecule has 194 valence electrons. The van der Waals surface area contributed by atoms with Gasteiger partial charge in [-0.25, -0.2) is 0 Å². The Labute approximate surface area is 213 Å². The monoisotopic (exact) mass is 511 g/mol. The van der Waals surface area contributed by atoms with Crippen molar-refractivity contribution in [3.05, 3.63) is 59.7 Å². The number of carbonyl (C=O) groups is 1. The Morgan fingerprint density at radius 1 is 1.11 bits per heavy atom. The van der Waals surface area contributed by atoms with Gasteiger partial charge in [0.2, 0.25) is 0 Å². The quantitative estimate of drug-likeness (QED) is 0.370. The SMILES string of the molecule is CN1C[C@H](OC(=O)C(C)(C)C)C[C@H]1CCOc1ccccc1CCc1cccc(OC(F)F)c1.Cl. The third-order valence-electron chi connectivity index (χ3n) is 6.02. The van der Waals surface area contributed by atoms with Gasteiger partial charge in [0.1, 0.15) is 17.6 Å². The van der Waals surface area contributed by atoms with E-state index < -0.39 is 12.0 Å². The first-order valence-electron chi connectivity index (χ1n) is 11.8. The summed E-state index contributed by atoms with van der Waals surface area (Å²) >= 11 is 0. The molecule has 2 aromatic carbocycles. The molecule has 2 atom stereocenters. The van der Waals surface area contributed by atoms with Crippen molar-refractivity contribution in [2.75, 3.05) is 20.2 Å². The summed E-state index contributed by atoms with van der Waals surface area (Å²) < 4.78 is 41.3. The highest BCUT2D eigenvalue weighted by atomic mass is 35.5. The molecule has 0 aromatic heterocycles. The summed E-state index contributed by atoms with van der Waals surface area (Å²) in [6.45, 7) is 4.06. The third kappa shape index (κ3) is 8.97. The van der Waals surface area contributed by atoms with Crippen molar-refractivity contribution in [3.63, 3.8) is 0 Å². The van der Waals surface area contributed by atoms with E-state index in [1.807, 2.05) is 51.1 Å². The van der Waals surface area contributed by atoms with Crippen LogP contribution in [-0.2, 0) is 22.4 Å². The van der Waals surface area contributed by atoms with E-state index in [1.54, 1.807) is 12.1 Å². The summed E-state index contributed by atoms with van der Waals surface area (Å²) in [5.74, 6) is 0.839. The van der Waals surface area contributed by atoms with Crippen molar-refractivity contribution in [1.29, 1.82) is 0 Å². The molecule has 3 rings (SSSR count). The molecule has 0 amide bonds. The zero-order valence-electron chi connectivity index (χ0n) is 20.8. The van der Waals surface area contributed by atoms with E-state index in [4.69, 9.17) is 9.47 Å². The van der Waals surface area contributed by atoms with E-state index in [2.05, 4.69) is 16.7 Å². The molecule has 0 aliphatic carbocycles. The minimum atomic E-state index is -2.83. The van der Waals surface area contributed by atoms with Crippen LogP contribution in [0.15, 0.2) is 48.5 Å². The molecular formula is C27H36ClF2NO4. The third-order valence-corrected chi connectivity index (χ3v) is 6.02. The second kappa shape index (κ2) is 13.1. The summed E-state index contributed by atoms with van der Waals surface area (Å²) in [6.07, 6.45) is 2.97. The highest BCUT2D eigenvalue weighted by Crippen LogP contribution is 2.26. The number of para-hydroxylation sites is 1. The Kier molecular flexibility index (Phi) is 10.8. The largest absolute Gasteiger partial charge is 0.493 e. The molecule has 0 radical (unpaired) electrons. The molecule has 0 bridgehead atoms. The molecule has 1 saturated heterocycles. The number of nitrogens with zero attached hydrogens (tertiary/aromatic N) is 1. The van der Waals surface area contributed by atoms with Gasteiger partial charge in [-0.15, -0.1) is 12.4 Å². The van der Waals surface area contributed by atoms with Gasteiger partial charge in [0.05, 0.1) is 12.0 Å². The minimum Gasteiger partial charge on any atom is -0.493 e. The van der Waals surface area contributed by atoms with E-state index >= 15 is 0 Å². The minimum absolute atomic E-state index is 0. The molecule has 5 nitrogen and oxygen atoms in total. The van der Waals surface area contributed by atoms with Gasteiger partial charge in [0, 0.05) is 19.0 Å². The van der Waals surface area contributed by atoms with Gasteiger partial charge in [-0.3, -0.25) is 9.69 Å².